The molecule has 1 aliphatic carbocycles. The molecule has 0 saturated heterocycles. The standard InChI is InChI=1S/C23H24N6O4S/c1-23(2,14-24)29-12-10-20(27-29)34(31,32)28-22(30)26-21-17-6-4-5-15(17)7-8-18(21)16-9-11-25-19(13-16)33-3/h7-13H,4-6H2,1-3H3,(H2,26,28,30). The molecule has 0 saturated carbocycles. The van der Waals surface area contributed by atoms with Crippen LogP contribution in [0.15, 0.2) is 47.8 Å². The number of urea groups is 1. The molecule has 0 aliphatic heterocycles. The van der Waals surface area contributed by atoms with Crippen LogP contribution in [0, 0.1) is 11.3 Å². The van der Waals surface area contributed by atoms with Crippen LogP contribution in [0.4, 0.5) is 10.5 Å². The van der Waals surface area contributed by atoms with Gasteiger partial charge in [0.25, 0.3) is 10.0 Å². The molecular weight excluding hydrogens is 456 g/mol. The van der Waals surface area contributed by atoms with Gasteiger partial charge in [-0.3, -0.25) is 4.68 Å². The van der Waals surface area contributed by atoms with Crippen molar-refractivity contribution >= 4 is 21.7 Å². The highest BCUT2D eigenvalue weighted by atomic mass is 32.2. The molecule has 0 radical (unpaired) electrons. The van der Waals surface area contributed by atoms with Crippen LogP contribution in [0.5, 0.6) is 5.88 Å². The second-order valence-electron chi connectivity index (χ2n) is 8.40. The first-order chi connectivity index (χ1) is 16.1. The zero-order chi connectivity index (χ0) is 24.5. The van der Waals surface area contributed by atoms with Crippen LogP contribution >= 0.6 is 0 Å². The fourth-order valence-electron chi connectivity index (χ4n) is 3.86. The SMILES string of the molecule is COc1cc(-c2ccc3c(c2NC(=O)NS(=O)(=O)c2ccn(C(C)(C)C#N)n2)CCC3)ccn1. The number of aryl methyl sites for hydroxylation is 1. The van der Waals surface area contributed by atoms with Crippen molar-refractivity contribution in [2.75, 3.05) is 12.4 Å². The zero-order valence-corrected chi connectivity index (χ0v) is 19.8. The van der Waals surface area contributed by atoms with Gasteiger partial charge in [-0.05, 0) is 61.9 Å². The number of carbonyl (C=O) groups excluding carboxylic acids is 1. The molecule has 1 aliphatic rings. The number of nitrogens with one attached hydrogen (secondary N) is 2. The minimum absolute atomic E-state index is 0.358. The van der Waals surface area contributed by atoms with Crippen molar-refractivity contribution in [3.63, 3.8) is 0 Å². The minimum Gasteiger partial charge on any atom is -0.481 e. The van der Waals surface area contributed by atoms with Crippen molar-refractivity contribution in [1.29, 1.82) is 5.26 Å². The lowest BCUT2D eigenvalue weighted by molar-refractivity contribution is 0.256. The minimum atomic E-state index is -4.26. The van der Waals surface area contributed by atoms with Gasteiger partial charge in [-0.15, -0.1) is 0 Å². The van der Waals surface area contributed by atoms with Crippen LogP contribution in [0.25, 0.3) is 11.1 Å². The van der Waals surface area contributed by atoms with Gasteiger partial charge in [0, 0.05) is 24.0 Å². The van der Waals surface area contributed by atoms with Crippen molar-refractivity contribution in [3.8, 4) is 23.1 Å². The maximum atomic E-state index is 12.8. The smallest absolute Gasteiger partial charge is 0.333 e. The molecule has 0 spiro atoms. The topological polar surface area (TPSA) is 139 Å². The summed E-state index contributed by atoms with van der Waals surface area (Å²) in [5.74, 6) is 0.423. The third kappa shape index (κ3) is 4.45. The van der Waals surface area contributed by atoms with Gasteiger partial charge in [0.15, 0.2) is 5.03 Å². The summed E-state index contributed by atoms with van der Waals surface area (Å²) in [6.45, 7) is 3.20. The molecule has 0 bridgehead atoms. The number of anilines is 1. The highest BCUT2D eigenvalue weighted by Gasteiger charge is 2.27. The number of benzene rings is 1. The van der Waals surface area contributed by atoms with Gasteiger partial charge in [-0.1, -0.05) is 12.1 Å². The Labute approximate surface area is 197 Å². The quantitative estimate of drug-likeness (QED) is 0.552. The Bertz CT molecular complexity index is 1410. The van der Waals surface area contributed by atoms with Crippen LogP contribution in [0.1, 0.15) is 31.4 Å². The Morgan fingerprint density at radius 2 is 2.03 bits per heavy atom. The summed E-state index contributed by atoms with van der Waals surface area (Å²) in [5, 5.41) is 15.6. The van der Waals surface area contributed by atoms with E-state index < -0.39 is 21.6 Å². The maximum absolute atomic E-state index is 12.8. The van der Waals surface area contributed by atoms with Crippen molar-refractivity contribution < 1.29 is 17.9 Å². The van der Waals surface area contributed by atoms with Crippen molar-refractivity contribution in [3.05, 3.63) is 53.9 Å². The van der Waals surface area contributed by atoms with Crippen molar-refractivity contribution in [2.24, 2.45) is 0 Å². The molecule has 0 fully saturated rings. The predicted octanol–water partition coefficient (Wildman–Crippen LogP) is 3.21. The van der Waals surface area contributed by atoms with Crippen LogP contribution in [-0.2, 0) is 28.4 Å². The van der Waals surface area contributed by atoms with Gasteiger partial charge in [0.05, 0.1) is 18.9 Å². The van der Waals surface area contributed by atoms with E-state index in [0.29, 0.717) is 11.6 Å². The van der Waals surface area contributed by atoms with Crippen LogP contribution in [0.3, 0.4) is 0 Å². The fraction of sp³-hybridized carbons (Fsp3) is 0.304. The first-order valence-corrected chi connectivity index (χ1v) is 12.1. The summed E-state index contributed by atoms with van der Waals surface area (Å²) in [7, 11) is -2.74. The van der Waals surface area contributed by atoms with E-state index in [0.717, 1.165) is 41.5 Å². The summed E-state index contributed by atoms with van der Waals surface area (Å²) in [6.07, 6.45) is 5.58. The highest BCUT2D eigenvalue weighted by Crippen LogP contribution is 2.38. The number of ether oxygens (including phenoxy) is 1. The molecule has 2 heterocycles. The van der Waals surface area contributed by atoms with E-state index in [2.05, 4.69) is 15.4 Å². The summed E-state index contributed by atoms with van der Waals surface area (Å²) in [5.41, 5.74) is 3.10. The fourth-order valence-corrected chi connectivity index (χ4v) is 4.70. The van der Waals surface area contributed by atoms with Crippen molar-refractivity contribution in [1.82, 2.24) is 19.5 Å². The zero-order valence-electron chi connectivity index (χ0n) is 19.0. The van der Waals surface area contributed by atoms with E-state index in [1.54, 1.807) is 32.2 Å². The number of amides is 2. The number of pyridine rings is 1. The number of sulfonamides is 1. The Morgan fingerprint density at radius 3 is 2.76 bits per heavy atom. The first kappa shape index (κ1) is 23.3. The molecule has 176 valence electrons. The third-order valence-corrected chi connectivity index (χ3v) is 6.91. The number of methoxy groups -OCH3 is 1. The largest absolute Gasteiger partial charge is 0.481 e. The number of aromatic nitrogens is 3. The van der Waals surface area contributed by atoms with E-state index >= 15 is 0 Å². The molecule has 2 N–H and O–H groups in total. The summed E-state index contributed by atoms with van der Waals surface area (Å²) < 4.78 is 34.0. The van der Waals surface area contributed by atoms with Crippen LogP contribution in [-0.4, -0.2) is 36.3 Å². The lowest BCUT2D eigenvalue weighted by Crippen LogP contribution is -2.35. The van der Waals surface area contributed by atoms with E-state index in [4.69, 9.17) is 4.74 Å². The van der Waals surface area contributed by atoms with E-state index in [1.807, 2.05) is 22.9 Å². The Hall–Kier alpha value is -3.91. The summed E-state index contributed by atoms with van der Waals surface area (Å²) in [6, 6.07) is 9.84. The molecule has 1 aromatic carbocycles. The lowest BCUT2D eigenvalue weighted by Gasteiger charge is -2.17. The molecule has 2 aromatic heterocycles. The van der Waals surface area contributed by atoms with Crippen LogP contribution < -0.4 is 14.8 Å². The number of rotatable bonds is 6. The number of hydrogen-bond acceptors (Lipinski definition) is 7. The van der Waals surface area contributed by atoms with Gasteiger partial charge < -0.3 is 10.1 Å². The van der Waals surface area contributed by atoms with Gasteiger partial charge >= 0.3 is 6.03 Å². The number of nitrogens with zero attached hydrogens (tertiary/aromatic N) is 4. The van der Waals surface area contributed by atoms with E-state index in [9.17, 15) is 18.5 Å². The maximum Gasteiger partial charge on any atom is 0.333 e. The third-order valence-electron chi connectivity index (χ3n) is 5.69. The van der Waals surface area contributed by atoms with E-state index in [1.165, 1.54) is 24.1 Å². The van der Waals surface area contributed by atoms with Gasteiger partial charge in [-0.2, -0.15) is 18.8 Å². The predicted molar refractivity (Wildman–Crippen MR) is 125 cm³/mol. The average Bonchev–Trinajstić information content (AvgIpc) is 3.50. The average molecular weight is 481 g/mol. The normalized spacial score (nSPS) is 13.1. The monoisotopic (exact) mass is 480 g/mol. The van der Waals surface area contributed by atoms with Crippen LogP contribution in [0.2, 0.25) is 0 Å². The Kier molecular flexibility index (Phi) is 6.01. The van der Waals surface area contributed by atoms with E-state index in [-0.39, 0.29) is 5.03 Å². The molecule has 3 aromatic rings. The Morgan fingerprint density at radius 1 is 1.24 bits per heavy atom. The number of hydrogen-bond donors (Lipinski definition) is 2. The number of carbonyl (C=O) groups is 1. The molecule has 0 atom stereocenters. The molecule has 10 nitrogen and oxygen atoms in total. The second-order valence-corrected chi connectivity index (χ2v) is 10.0. The van der Waals surface area contributed by atoms with Gasteiger partial charge in [-0.25, -0.2) is 14.5 Å². The Balaban J connectivity index is 1.63. The molecule has 11 heteroatoms. The summed E-state index contributed by atoms with van der Waals surface area (Å²) >= 11 is 0. The number of fused-ring (bicyclic) bond motifs is 1. The second kappa shape index (κ2) is 8.79. The molecular formula is C23H24N6O4S. The molecule has 2 amide bonds. The van der Waals surface area contributed by atoms with Gasteiger partial charge in [0.1, 0.15) is 5.54 Å². The van der Waals surface area contributed by atoms with Crippen molar-refractivity contribution in [2.45, 2.75) is 43.7 Å². The number of nitriles is 1. The van der Waals surface area contributed by atoms with Gasteiger partial charge in [0.2, 0.25) is 5.88 Å². The highest BCUT2D eigenvalue weighted by molar-refractivity contribution is 7.90. The molecule has 0 unspecified atom stereocenters. The lowest BCUT2D eigenvalue weighted by atomic mass is 9.98. The summed E-state index contributed by atoms with van der Waals surface area (Å²) in [4.78, 5) is 17.0. The molecule has 4 rings (SSSR count). The first-order valence-electron chi connectivity index (χ1n) is 10.6. The molecule has 34 heavy (non-hydrogen) atoms.